The van der Waals surface area contributed by atoms with Crippen LogP contribution in [0.1, 0.15) is 23.7 Å². The number of anilines is 2. The van der Waals surface area contributed by atoms with Crippen molar-refractivity contribution in [3.05, 3.63) is 56.9 Å². The Morgan fingerprint density at radius 2 is 2.10 bits per heavy atom. The maximum absolute atomic E-state index is 12.5. The molecule has 31 heavy (non-hydrogen) atoms. The number of thioether (sulfide) groups is 1. The standard InChI is InChI=1S/C20H19ClN6OS3/c1-11-7-12(2)17(15(21)8-11)26(13(3)28)19-23-14(9-30-19)10-31-20-25-24-18(27(20)22)16-5-4-6-29-16/h4-9H,10,22H2,1-3H3. The number of carbonyl (C=O) groups excluding carboxylic acids is 1. The summed E-state index contributed by atoms with van der Waals surface area (Å²) in [6, 6.07) is 7.75. The molecule has 2 N–H and O–H groups in total. The fourth-order valence-corrected chi connectivity index (χ4v) is 5.97. The zero-order valence-corrected chi connectivity index (χ0v) is 20.2. The Morgan fingerprint density at radius 3 is 2.77 bits per heavy atom. The molecule has 1 aromatic carbocycles. The molecule has 0 atom stereocenters. The minimum atomic E-state index is -0.148. The van der Waals surface area contributed by atoms with Crippen LogP contribution in [-0.2, 0) is 10.5 Å². The van der Waals surface area contributed by atoms with Gasteiger partial charge < -0.3 is 5.84 Å². The molecule has 11 heteroatoms. The van der Waals surface area contributed by atoms with Crippen LogP contribution in [0.25, 0.3) is 10.7 Å². The van der Waals surface area contributed by atoms with E-state index in [0.717, 1.165) is 21.7 Å². The Labute approximate surface area is 196 Å². The highest BCUT2D eigenvalue weighted by Gasteiger charge is 2.23. The van der Waals surface area contributed by atoms with E-state index in [0.29, 0.717) is 32.6 Å². The van der Waals surface area contributed by atoms with Gasteiger partial charge in [-0.1, -0.05) is 35.5 Å². The molecule has 4 rings (SSSR count). The fraction of sp³-hybridized carbons (Fsp3) is 0.200. The summed E-state index contributed by atoms with van der Waals surface area (Å²) in [5, 5.41) is 14.0. The van der Waals surface area contributed by atoms with Gasteiger partial charge in [0, 0.05) is 18.1 Å². The second-order valence-corrected chi connectivity index (χ2v) is 9.96. The molecule has 0 aliphatic carbocycles. The van der Waals surface area contributed by atoms with Crippen LogP contribution in [0.5, 0.6) is 0 Å². The normalized spacial score (nSPS) is 11.1. The molecule has 0 bridgehead atoms. The highest BCUT2D eigenvalue weighted by atomic mass is 35.5. The largest absolute Gasteiger partial charge is 0.335 e. The predicted molar refractivity (Wildman–Crippen MR) is 129 cm³/mol. The van der Waals surface area contributed by atoms with Crippen molar-refractivity contribution in [2.24, 2.45) is 0 Å². The number of nitrogen functional groups attached to an aromatic ring is 1. The molecule has 3 aromatic heterocycles. The number of aryl methyl sites for hydroxylation is 2. The van der Waals surface area contributed by atoms with Gasteiger partial charge in [-0.15, -0.1) is 32.9 Å². The third kappa shape index (κ3) is 4.47. The fourth-order valence-electron chi connectivity index (χ4n) is 3.13. The summed E-state index contributed by atoms with van der Waals surface area (Å²) < 4.78 is 1.49. The molecule has 0 saturated heterocycles. The average Bonchev–Trinajstić information content (AvgIpc) is 3.44. The smallest absolute Gasteiger partial charge is 0.230 e. The molecule has 0 unspecified atom stereocenters. The molecular weight excluding hydrogens is 472 g/mol. The maximum Gasteiger partial charge on any atom is 0.230 e. The van der Waals surface area contributed by atoms with Crippen molar-refractivity contribution < 1.29 is 4.79 Å². The summed E-state index contributed by atoms with van der Waals surface area (Å²) in [4.78, 5) is 19.7. The molecule has 0 fully saturated rings. The van der Waals surface area contributed by atoms with Crippen molar-refractivity contribution >= 4 is 62.8 Å². The molecule has 7 nitrogen and oxygen atoms in total. The van der Waals surface area contributed by atoms with Gasteiger partial charge in [0.15, 0.2) is 11.0 Å². The lowest BCUT2D eigenvalue weighted by Gasteiger charge is -2.22. The van der Waals surface area contributed by atoms with Gasteiger partial charge in [-0.25, -0.2) is 9.66 Å². The van der Waals surface area contributed by atoms with Crippen LogP contribution in [0.2, 0.25) is 5.02 Å². The number of hydrogen-bond acceptors (Lipinski definition) is 8. The van der Waals surface area contributed by atoms with Crippen LogP contribution < -0.4 is 10.7 Å². The Kier molecular flexibility index (Phi) is 6.33. The summed E-state index contributed by atoms with van der Waals surface area (Å²) in [5.41, 5.74) is 3.44. The van der Waals surface area contributed by atoms with Gasteiger partial charge in [-0.05, 0) is 42.5 Å². The number of aromatic nitrogens is 4. The quantitative estimate of drug-likeness (QED) is 0.286. The summed E-state index contributed by atoms with van der Waals surface area (Å²) in [7, 11) is 0. The van der Waals surface area contributed by atoms with Crippen molar-refractivity contribution in [3.8, 4) is 10.7 Å². The Balaban J connectivity index is 1.55. The number of nitrogens with two attached hydrogens (primary N) is 1. The van der Waals surface area contributed by atoms with Crippen molar-refractivity contribution in [1.29, 1.82) is 0 Å². The van der Waals surface area contributed by atoms with Crippen molar-refractivity contribution in [2.45, 2.75) is 31.7 Å². The third-order valence-electron chi connectivity index (χ3n) is 4.42. The zero-order valence-electron chi connectivity index (χ0n) is 17.0. The van der Waals surface area contributed by atoms with E-state index in [-0.39, 0.29) is 5.91 Å². The van der Waals surface area contributed by atoms with Gasteiger partial charge in [-0.2, -0.15) is 0 Å². The molecule has 0 aliphatic rings. The number of rotatable bonds is 6. The van der Waals surface area contributed by atoms with E-state index < -0.39 is 0 Å². The number of amides is 1. The number of thiophene rings is 1. The number of hydrogen-bond donors (Lipinski definition) is 1. The van der Waals surface area contributed by atoms with E-state index in [1.165, 1.54) is 34.7 Å². The number of nitrogens with zero attached hydrogens (tertiary/aromatic N) is 5. The average molecular weight is 491 g/mol. The Morgan fingerprint density at radius 1 is 1.29 bits per heavy atom. The first kappa shape index (κ1) is 21.8. The van der Waals surface area contributed by atoms with Gasteiger partial charge in [0.25, 0.3) is 0 Å². The summed E-state index contributed by atoms with van der Waals surface area (Å²) in [6.07, 6.45) is 0. The maximum atomic E-state index is 12.5. The number of benzene rings is 1. The Bertz CT molecular complexity index is 1210. The molecule has 3 heterocycles. The highest BCUT2D eigenvalue weighted by Crippen LogP contribution is 2.38. The number of halogens is 1. The topological polar surface area (TPSA) is 89.9 Å². The van der Waals surface area contributed by atoms with E-state index in [1.54, 1.807) is 16.2 Å². The first-order chi connectivity index (χ1) is 14.8. The Hall–Kier alpha value is -2.40. The zero-order chi connectivity index (χ0) is 22.1. The molecule has 0 saturated carbocycles. The molecule has 0 radical (unpaired) electrons. The lowest BCUT2D eigenvalue weighted by atomic mass is 10.1. The summed E-state index contributed by atoms with van der Waals surface area (Å²) in [5.74, 6) is 7.19. The molecule has 160 valence electrons. The highest BCUT2D eigenvalue weighted by molar-refractivity contribution is 7.98. The van der Waals surface area contributed by atoms with Crippen LogP contribution in [-0.4, -0.2) is 25.8 Å². The van der Waals surface area contributed by atoms with Crippen molar-refractivity contribution in [1.82, 2.24) is 19.9 Å². The van der Waals surface area contributed by atoms with Gasteiger partial charge in [-0.3, -0.25) is 9.69 Å². The lowest BCUT2D eigenvalue weighted by molar-refractivity contribution is -0.115. The van der Waals surface area contributed by atoms with Crippen molar-refractivity contribution in [2.75, 3.05) is 10.7 Å². The van der Waals surface area contributed by atoms with Crippen LogP contribution in [0, 0.1) is 13.8 Å². The van der Waals surface area contributed by atoms with Gasteiger partial charge in [0.2, 0.25) is 11.1 Å². The molecule has 4 aromatic rings. The van der Waals surface area contributed by atoms with E-state index in [2.05, 4.69) is 15.2 Å². The molecule has 1 amide bonds. The molecular formula is C20H19ClN6OS3. The monoisotopic (exact) mass is 490 g/mol. The first-order valence-electron chi connectivity index (χ1n) is 9.24. The van der Waals surface area contributed by atoms with E-state index in [4.69, 9.17) is 17.4 Å². The van der Waals surface area contributed by atoms with Crippen LogP contribution in [0.4, 0.5) is 10.8 Å². The summed E-state index contributed by atoms with van der Waals surface area (Å²) in [6.45, 7) is 5.42. The molecule has 0 aliphatic heterocycles. The van der Waals surface area contributed by atoms with Gasteiger partial charge >= 0.3 is 0 Å². The van der Waals surface area contributed by atoms with Crippen LogP contribution in [0.15, 0.2) is 40.2 Å². The van der Waals surface area contributed by atoms with E-state index in [1.807, 2.05) is 48.9 Å². The third-order valence-corrected chi connectivity index (χ3v) is 7.43. The number of thiazole rings is 1. The lowest BCUT2D eigenvalue weighted by Crippen LogP contribution is -2.24. The molecule has 0 spiro atoms. The second kappa shape index (κ2) is 8.99. The van der Waals surface area contributed by atoms with E-state index >= 15 is 0 Å². The van der Waals surface area contributed by atoms with E-state index in [9.17, 15) is 4.79 Å². The second-order valence-electron chi connectivity index (χ2n) is 6.83. The van der Waals surface area contributed by atoms with Crippen LogP contribution in [0.3, 0.4) is 0 Å². The van der Waals surface area contributed by atoms with Crippen molar-refractivity contribution in [3.63, 3.8) is 0 Å². The first-order valence-corrected chi connectivity index (χ1v) is 12.4. The SMILES string of the molecule is CC(=O)N(c1nc(CSc2nnc(-c3cccs3)n2N)cs1)c1c(C)cc(C)cc1Cl. The van der Waals surface area contributed by atoms with Gasteiger partial charge in [0.1, 0.15) is 0 Å². The predicted octanol–water partition coefficient (Wildman–Crippen LogP) is 5.42. The number of carbonyl (C=O) groups is 1. The van der Waals surface area contributed by atoms with Crippen LogP contribution >= 0.6 is 46.0 Å². The van der Waals surface area contributed by atoms with Gasteiger partial charge in [0.05, 0.1) is 21.3 Å². The minimum absolute atomic E-state index is 0.148. The summed E-state index contributed by atoms with van der Waals surface area (Å²) >= 11 is 10.9. The minimum Gasteiger partial charge on any atom is -0.335 e.